The van der Waals surface area contributed by atoms with Crippen molar-refractivity contribution in [1.82, 2.24) is 9.88 Å². The van der Waals surface area contributed by atoms with E-state index < -0.39 is 0 Å². The first-order valence-electron chi connectivity index (χ1n) is 7.24. The highest BCUT2D eigenvalue weighted by Gasteiger charge is 2.16. The number of carbonyl (C=O) groups is 1. The summed E-state index contributed by atoms with van der Waals surface area (Å²) in [5.41, 5.74) is 1.94. The van der Waals surface area contributed by atoms with Crippen LogP contribution in [0.25, 0.3) is 10.6 Å². The molecule has 0 saturated heterocycles. The third-order valence-electron chi connectivity index (χ3n) is 3.49. The van der Waals surface area contributed by atoms with E-state index in [-0.39, 0.29) is 17.5 Å². The van der Waals surface area contributed by atoms with Crippen LogP contribution in [0, 0.1) is 11.6 Å². The smallest absolute Gasteiger partial charge is 0.273 e. The van der Waals surface area contributed by atoms with Crippen molar-refractivity contribution in [3.63, 3.8) is 0 Å². The summed E-state index contributed by atoms with van der Waals surface area (Å²) in [5, 5.41) is 2.34. The van der Waals surface area contributed by atoms with Crippen LogP contribution in [0.3, 0.4) is 0 Å². The van der Waals surface area contributed by atoms with Gasteiger partial charge in [-0.3, -0.25) is 4.79 Å². The Morgan fingerprint density at radius 1 is 1.04 bits per heavy atom. The molecular formula is C18H14F2N2OS. The monoisotopic (exact) mass is 344 g/mol. The quantitative estimate of drug-likeness (QED) is 0.704. The fourth-order valence-electron chi connectivity index (χ4n) is 2.23. The lowest BCUT2D eigenvalue weighted by Gasteiger charge is -2.15. The third-order valence-corrected chi connectivity index (χ3v) is 4.39. The molecule has 0 aliphatic rings. The lowest BCUT2D eigenvalue weighted by Crippen LogP contribution is -2.26. The molecule has 0 spiro atoms. The molecule has 0 radical (unpaired) electrons. The molecule has 1 aromatic heterocycles. The summed E-state index contributed by atoms with van der Waals surface area (Å²) in [5.74, 6) is -0.842. The van der Waals surface area contributed by atoms with E-state index in [2.05, 4.69) is 4.98 Å². The van der Waals surface area contributed by atoms with Crippen LogP contribution >= 0.6 is 11.3 Å². The fourth-order valence-corrected chi connectivity index (χ4v) is 3.03. The van der Waals surface area contributed by atoms with Gasteiger partial charge in [0.25, 0.3) is 5.91 Å². The molecule has 0 fully saturated rings. The molecule has 3 aromatic rings. The van der Waals surface area contributed by atoms with Crippen LogP contribution in [0.4, 0.5) is 8.78 Å². The van der Waals surface area contributed by atoms with Crippen LogP contribution in [0.15, 0.2) is 53.9 Å². The first kappa shape index (κ1) is 16.3. The maximum Gasteiger partial charge on any atom is 0.273 e. The molecule has 0 atom stereocenters. The average molecular weight is 344 g/mol. The van der Waals surface area contributed by atoms with Gasteiger partial charge in [0, 0.05) is 24.5 Å². The number of thiazole rings is 1. The van der Waals surface area contributed by atoms with Crippen LogP contribution in [-0.2, 0) is 6.54 Å². The molecule has 0 unspecified atom stereocenters. The Hall–Kier alpha value is -2.60. The van der Waals surface area contributed by atoms with E-state index in [1.807, 2.05) is 0 Å². The number of carbonyl (C=O) groups excluding carboxylic acids is 1. The second-order valence-corrected chi connectivity index (χ2v) is 6.19. The second-order valence-electron chi connectivity index (χ2n) is 5.33. The molecule has 3 nitrogen and oxygen atoms in total. The van der Waals surface area contributed by atoms with Crippen molar-refractivity contribution in [1.29, 1.82) is 0 Å². The number of aromatic nitrogens is 1. The van der Waals surface area contributed by atoms with Gasteiger partial charge in [0.2, 0.25) is 0 Å². The lowest BCUT2D eigenvalue weighted by atomic mass is 10.2. The molecule has 2 aromatic carbocycles. The van der Waals surface area contributed by atoms with Crippen molar-refractivity contribution >= 4 is 17.2 Å². The topological polar surface area (TPSA) is 33.2 Å². The maximum absolute atomic E-state index is 13.0. The molecule has 0 aliphatic heterocycles. The highest BCUT2D eigenvalue weighted by atomic mass is 32.1. The molecule has 3 rings (SSSR count). The van der Waals surface area contributed by atoms with Gasteiger partial charge in [-0.1, -0.05) is 12.1 Å². The molecule has 0 aliphatic carbocycles. The Balaban J connectivity index is 1.73. The van der Waals surface area contributed by atoms with Crippen molar-refractivity contribution in [3.05, 3.63) is 76.8 Å². The predicted octanol–water partition coefficient (Wildman–Crippen LogP) is 4.36. The number of hydrogen-bond donors (Lipinski definition) is 0. The maximum atomic E-state index is 13.0. The van der Waals surface area contributed by atoms with E-state index in [0.717, 1.165) is 11.1 Å². The summed E-state index contributed by atoms with van der Waals surface area (Å²) in [6, 6.07) is 12.0. The molecule has 24 heavy (non-hydrogen) atoms. The first-order valence-corrected chi connectivity index (χ1v) is 8.12. The Kier molecular flexibility index (Phi) is 4.66. The van der Waals surface area contributed by atoms with E-state index in [4.69, 9.17) is 0 Å². The van der Waals surface area contributed by atoms with E-state index in [1.165, 1.54) is 40.5 Å². The highest BCUT2D eigenvalue weighted by Crippen LogP contribution is 2.24. The number of halogens is 2. The molecule has 0 saturated carbocycles. The first-order chi connectivity index (χ1) is 11.5. The average Bonchev–Trinajstić information content (AvgIpc) is 3.07. The zero-order valence-corrected chi connectivity index (χ0v) is 13.7. The molecule has 1 heterocycles. The van der Waals surface area contributed by atoms with Crippen LogP contribution in [-0.4, -0.2) is 22.8 Å². The minimum atomic E-state index is -0.314. The van der Waals surface area contributed by atoms with Crippen molar-refractivity contribution in [3.8, 4) is 10.6 Å². The van der Waals surface area contributed by atoms with Gasteiger partial charge in [-0.05, 0) is 42.0 Å². The summed E-state index contributed by atoms with van der Waals surface area (Å²) in [4.78, 5) is 18.3. The SMILES string of the molecule is CN(Cc1ccc(F)cc1)C(=O)c1csc(-c2ccc(F)cc2)n1. The van der Waals surface area contributed by atoms with Gasteiger partial charge in [-0.2, -0.15) is 0 Å². The van der Waals surface area contributed by atoms with Gasteiger partial charge in [0.15, 0.2) is 0 Å². The molecule has 122 valence electrons. The molecule has 6 heteroatoms. The summed E-state index contributed by atoms with van der Waals surface area (Å²) < 4.78 is 25.9. The molecule has 1 amide bonds. The van der Waals surface area contributed by atoms with E-state index in [9.17, 15) is 13.6 Å². The van der Waals surface area contributed by atoms with Crippen LogP contribution in [0.5, 0.6) is 0 Å². The standard InChI is InChI=1S/C18H14F2N2OS/c1-22(10-12-2-6-14(19)7-3-12)18(23)16-11-24-17(21-16)13-4-8-15(20)9-5-13/h2-9,11H,10H2,1H3. The highest BCUT2D eigenvalue weighted by molar-refractivity contribution is 7.13. The number of nitrogens with zero attached hydrogens (tertiary/aromatic N) is 2. The minimum Gasteiger partial charge on any atom is -0.336 e. The lowest BCUT2D eigenvalue weighted by molar-refractivity contribution is 0.0780. The van der Waals surface area contributed by atoms with Gasteiger partial charge in [0.1, 0.15) is 22.3 Å². The Labute approximate surface area is 142 Å². The van der Waals surface area contributed by atoms with Crippen molar-refractivity contribution in [2.24, 2.45) is 0 Å². The van der Waals surface area contributed by atoms with Gasteiger partial charge >= 0.3 is 0 Å². The summed E-state index contributed by atoms with van der Waals surface area (Å²) in [7, 11) is 1.67. The number of hydrogen-bond acceptors (Lipinski definition) is 3. The van der Waals surface area contributed by atoms with Crippen LogP contribution in [0.1, 0.15) is 16.1 Å². The van der Waals surface area contributed by atoms with E-state index in [0.29, 0.717) is 17.2 Å². The number of amides is 1. The zero-order valence-electron chi connectivity index (χ0n) is 12.9. The fraction of sp³-hybridized carbons (Fsp3) is 0.111. The minimum absolute atomic E-state index is 0.219. The largest absolute Gasteiger partial charge is 0.336 e. The Bertz CT molecular complexity index is 844. The molecule has 0 bridgehead atoms. The van der Waals surface area contributed by atoms with Crippen molar-refractivity contribution < 1.29 is 13.6 Å². The van der Waals surface area contributed by atoms with Gasteiger partial charge in [-0.25, -0.2) is 13.8 Å². The van der Waals surface area contributed by atoms with Crippen molar-refractivity contribution in [2.45, 2.75) is 6.54 Å². The summed E-state index contributed by atoms with van der Waals surface area (Å²) >= 11 is 1.33. The van der Waals surface area contributed by atoms with Gasteiger partial charge in [0.05, 0.1) is 0 Å². The number of rotatable bonds is 4. The number of benzene rings is 2. The van der Waals surface area contributed by atoms with Crippen LogP contribution < -0.4 is 0 Å². The molecular weight excluding hydrogens is 330 g/mol. The second kappa shape index (κ2) is 6.88. The summed E-state index contributed by atoms with van der Waals surface area (Å²) in [6.07, 6.45) is 0. The summed E-state index contributed by atoms with van der Waals surface area (Å²) in [6.45, 7) is 0.364. The van der Waals surface area contributed by atoms with E-state index in [1.54, 1.807) is 36.7 Å². The predicted molar refractivity (Wildman–Crippen MR) is 89.7 cm³/mol. The molecule has 0 N–H and O–H groups in total. The van der Waals surface area contributed by atoms with Crippen molar-refractivity contribution in [2.75, 3.05) is 7.05 Å². The van der Waals surface area contributed by atoms with Crippen LogP contribution in [0.2, 0.25) is 0 Å². The van der Waals surface area contributed by atoms with E-state index >= 15 is 0 Å². The Morgan fingerprint density at radius 2 is 1.62 bits per heavy atom. The van der Waals surface area contributed by atoms with Gasteiger partial charge < -0.3 is 4.90 Å². The normalized spacial score (nSPS) is 10.6. The third kappa shape index (κ3) is 3.65. The zero-order chi connectivity index (χ0) is 17.1. The Morgan fingerprint density at radius 3 is 2.25 bits per heavy atom. The van der Waals surface area contributed by atoms with Gasteiger partial charge in [-0.15, -0.1) is 11.3 Å².